The van der Waals surface area contributed by atoms with E-state index in [0.29, 0.717) is 31.8 Å². The van der Waals surface area contributed by atoms with Crippen LogP contribution in [0.1, 0.15) is 0 Å². The molecule has 0 bridgehead atoms. The number of hydrogen-bond acceptors (Lipinski definition) is 4. The summed E-state index contributed by atoms with van der Waals surface area (Å²) in [6.07, 6.45) is 1.62. The molecule has 4 rings (SSSR count). The van der Waals surface area contributed by atoms with Crippen LogP contribution >= 0.6 is 34.5 Å². The largest absolute Gasteiger partial charge is 0.338 e. The van der Waals surface area contributed by atoms with E-state index in [-0.39, 0.29) is 17.9 Å². The fourth-order valence-corrected chi connectivity index (χ4v) is 4.10. The molecule has 0 aliphatic carbocycles. The molecule has 4 aromatic rings. The molecule has 2 aromatic carbocycles. The first-order valence-electron chi connectivity index (χ1n) is 8.30. The summed E-state index contributed by atoms with van der Waals surface area (Å²) in [5.41, 5.74) is 2.04. The minimum atomic E-state index is -0.239. The first-order valence-corrected chi connectivity index (χ1v) is 9.94. The van der Waals surface area contributed by atoms with E-state index in [1.54, 1.807) is 41.1 Å². The highest BCUT2D eigenvalue weighted by atomic mass is 35.5. The number of carbonyl (C=O) groups excluding carboxylic acids is 1. The number of para-hydroxylation sites is 1. The monoisotopic (exact) mass is 429 g/mol. The molecule has 1 amide bonds. The van der Waals surface area contributed by atoms with Crippen LogP contribution in [0.5, 0.6) is 0 Å². The Morgan fingerprint density at radius 1 is 1.14 bits per heavy atom. The van der Waals surface area contributed by atoms with Crippen LogP contribution < -0.4 is 10.7 Å². The maximum Gasteiger partial charge on any atom is 0.246 e. The SMILES string of the molecule is O=C(Cn1ccc(=O)c2ccccc21)Nc1nc(-c2ccc(Cl)cc2Cl)cs1. The van der Waals surface area contributed by atoms with Gasteiger partial charge in [-0.05, 0) is 30.3 Å². The lowest BCUT2D eigenvalue weighted by atomic mass is 10.2. The summed E-state index contributed by atoms with van der Waals surface area (Å²) < 4.78 is 1.73. The first kappa shape index (κ1) is 18.7. The quantitative estimate of drug-likeness (QED) is 0.492. The van der Waals surface area contributed by atoms with E-state index in [0.717, 1.165) is 5.56 Å². The number of nitrogens with one attached hydrogen (secondary N) is 1. The molecular formula is C20H13Cl2N3O2S. The zero-order chi connectivity index (χ0) is 19.7. The summed E-state index contributed by atoms with van der Waals surface area (Å²) >= 11 is 13.5. The van der Waals surface area contributed by atoms with Crippen molar-refractivity contribution in [3.05, 3.63) is 80.4 Å². The Hall–Kier alpha value is -2.67. The van der Waals surface area contributed by atoms with E-state index in [1.807, 2.05) is 17.5 Å². The van der Waals surface area contributed by atoms with Crippen molar-refractivity contribution in [3.8, 4) is 11.3 Å². The lowest BCUT2D eigenvalue weighted by molar-refractivity contribution is -0.116. The van der Waals surface area contributed by atoms with E-state index in [2.05, 4.69) is 10.3 Å². The Morgan fingerprint density at radius 3 is 2.79 bits per heavy atom. The van der Waals surface area contributed by atoms with Gasteiger partial charge in [0.15, 0.2) is 10.6 Å². The van der Waals surface area contributed by atoms with Crippen molar-refractivity contribution in [3.63, 3.8) is 0 Å². The highest BCUT2D eigenvalue weighted by molar-refractivity contribution is 7.14. The molecular weight excluding hydrogens is 417 g/mol. The molecule has 0 unspecified atom stereocenters. The van der Waals surface area contributed by atoms with Crippen molar-refractivity contribution in [2.24, 2.45) is 0 Å². The summed E-state index contributed by atoms with van der Waals surface area (Å²) in [7, 11) is 0. The van der Waals surface area contributed by atoms with Crippen LogP contribution in [0, 0.1) is 0 Å². The number of pyridine rings is 1. The van der Waals surface area contributed by atoms with Gasteiger partial charge in [0.25, 0.3) is 0 Å². The van der Waals surface area contributed by atoms with Crippen LogP contribution in [-0.2, 0) is 11.3 Å². The molecule has 0 saturated carbocycles. The number of fused-ring (bicyclic) bond motifs is 1. The average molecular weight is 430 g/mol. The van der Waals surface area contributed by atoms with Gasteiger partial charge in [0.1, 0.15) is 6.54 Å². The zero-order valence-corrected chi connectivity index (χ0v) is 16.7. The molecule has 0 atom stereocenters. The second kappa shape index (κ2) is 7.75. The van der Waals surface area contributed by atoms with Gasteiger partial charge < -0.3 is 9.88 Å². The fourth-order valence-electron chi connectivity index (χ4n) is 2.86. The minimum absolute atomic E-state index is 0.0669. The molecule has 28 heavy (non-hydrogen) atoms. The fraction of sp³-hybridized carbons (Fsp3) is 0.0500. The molecule has 5 nitrogen and oxygen atoms in total. The molecule has 8 heteroatoms. The second-order valence-electron chi connectivity index (χ2n) is 6.04. The maximum absolute atomic E-state index is 12.5. The highest BCUT2D eigenvalue weighted by Crippen LogP contribution is 2.32. The number of thiazole rings is 1. The van der Waals surface area contributed by atoms with Gasteiger partial charge in [-0.3, -0.25) is 9.59 Å². The summed E-state index contributed by atoms with van der Waals surface area (Å²) in [4.78, 5) is 28.9. The number of aromatic nitrogens is 2. The van der Waals surface area contributed by atoms with E-state index in [4.69, 9.17) is 23.2 Å². The van der Waals surface area contributed by atoms with Gasteiger partial charge in [-0.2, -0.15) is 0 Å². The summed E-state index contributed by atoms with van der Waals surface area (Å²) in [6, 6.07) is 13.8. The van der Waals surface area contributed by atoms with Crippen LogP contribution in [-0.4, -0.2) is 15.5 Å². The van der Waals surface area contributed by atoms with Gasteiger partial charge in [0.2, 0.25) is 5.91 Å². The molecule has 2 heterocycles. The van der Waals surface area contributed by atoms with Crippen LogP contribution in [0.25, 0.3) is 22.2 Å². The van der Waals surface area contributed by atoms with Gasteiger partial charge in [0, 0.05) is 33.6 Å². The third-order valence-electron chi connectivity index (χ3n) is 4.16. The highest BCUT2D eigenvalue weighted by Gasteiger charge is 2.12. The minimum Gasteiger partial charge on any atom is -0.338 e. The standard InChI is InChI=1S/C20H13Cl2N3O2S/c21-12-5-6-13(15(22)9-12)16-11-28-20(23-16)24-19(27)10-25-8-7-18(26)14-3-1-2-4-17(14)25/h1-9,11H,10H2,(H,23,24,27). The van der Waals surface area contributed by atoms with Gasteiger partial charge in [-0.25, -0.2) is 4.98 Å². The second-order valence-corrected chi connectivity index (χ2v) is 7.74. The molecule has 0 radical (unpaired) electrons. The first-order chi connectivity index (χ1) is 13.5. The Balaban J connectivity index is 1.53. The lowest BCUT2D eigenvalue weighted by Crippen LogP contribution is -2.20. The number of benzene rings is 2. The Morgan fingerprint density at radius 2 is 1.96 bits per heavy atom. The van der Waals surface area contributed by atoms with Gasteiger partial charge in [-0.15, -0.1) is 11.3 Å². The van der Waals surface area contributed by atoms with E-state index in [1.165, 1.54) is 17.4 Å². The third-order valence-corrected chi connectivity index (χ3v) is 5.46. The Bertz CT molecular complexity index is 1250. The van der Waals surface area contributed by atoms with E-state index >= 15 is 0 Å². The van der Waals surface area contributed by atoms with Crippen LogP contribution in [0.2, 0.25) is 10.0 Å². The summed E-state index contributed by atoms with van der Waals surface area (Å²) in [6.45, 7) is 0.0669. The lowest BCUT2D eigenvalue weighted by Gasteiger charge is -2.10. The Labute approximate surface area is 174 Å². The molecule has 0 saturated heterocycles. The normalized spacial score (nSPS) is 10.9. The molecule has 2 aromatic heterocycles. The number of carbonyl (C=O) groups is 1. The summed E-state index contributed by atoms with van der Waals surface area (Å²) in [5.74, 6) is -0.239. The number of hydrogen-bond donors (Lipinski definition) is 1. The Kier molecular flexibility index (Phi) is 5.17. The molecule has 140 valence electrons. The van der Waals surface area contributed by atoms with Gasteiger partial charge in [-0.1, -0.05) is 35.3 Å². The molecule has 0 fully saturated rings. The number of rotatable bonds is 4. The van der Waals surface area contributed by atoms with Crippen LogP contribution in [0.15, 0.2) is 64.9 Å². The smallest absolute Gasteiger partial charge is 0.246 e. The third kappa shape index (κ3) is 3.80. The predicted octanol–water partition coefficient (Wildman–Crippen LogP) is 5.07. The van der Waals surface area contributed by atoms with Crippen LogP contribution in [0.4, 0.5) is 5.13 Å². The van der Waals surface area contributed by atoms with Crippen molar-refractivity contribution < 1.29 is 4.79 Å². The van der Waals surface area contributed by atoms with Crippen molar-refractivity contribution in [1.29, 1.82) is 0 Å². The number of nitrogens with zero attached hydrogens (tertiary/aromatic N) is 2. The number of halogens is 2. The van der Waals surface area contributed by atoms with Gasteiger partial charge in [0.05, 0.1) is 16.2 Å². The molecule has 1 N–H and O–H groups in total. The van der Waals surface area contributed by atoms with Crippen molar-refractivity contribution in [2.75, 3.05) is 5.32 Å². The predicted molar refractivity (Wildman–Crippen MR) is 114 cm³/mol. The topological polar surface area (TPSA) is 64.0 Å². The van der Waals surface area contributed by atoms with Crippen LogP contribution in [0.3, 0.4) is 0 Å². The maximum atomic E-state index is 12.5. The van der Waals surface area contributed by atoms with E-state index in [9.17, 15) is 9.59 Å². The van der Waals surface area contributed by atoms with Crippen molar-refractivity contribution >= 4 is 56.5 Å². The average Bonchev–Trinajstić information content (AvgIpc) is 3.12. The zero-order valence-electron chi connectivity index (χ0n) is 14.4. The van der Waals surface area contributed by atoms with Gasteiger partial charge >= 0.3 is 0 Å². The number of anilines is 1. The molecule has 0 aliphatic rings. The van der Waals surface area contributed by atoms with Crippen molar-refractivity contribution in [2.45, 2.75) is 6.54 Å². The summed E-state index contributed by atoms with van der Waals surface area (Å²) in [5, 5.41) is 6.70. The molecule has 0 aliphatic heterocycles. The molecule has 0 spiro atoms. The number of amides is 1. The van der Waals surface area contributed by atoms with Crippen molar-refractivity contribution in [1.82, 2.24) is 9.55 Å². The van der Waals surface area contributed by atoms with E-state index < -0.39 is 0 Å².